The summed E-state index contributed by atoms with van der Waals surface area (Å²) in [6, 6.07) is 8.01. The average molecular weight is 264 g/mol. The van der Waals surface area contributed by atoms with Crippen molar-refractivity contribution >= 4 is 21.7 Å². The lowest BCUT2D eigenvalue weighted by molar-refractivity contribution is 0.601. The number of rotatable bonds is 3. The summed E-state index contributed by atoms with van der Waals surface area (Å²) in [5.41, 5.74) is 6.50. The van der Waals surface area contributed by atoms with Crippen LogP contribution in [0.5, 0.6) is 0 Å². The predicted octanol–water partition coefficient (Wildman–Crippen LogP) is 1.17. The Morgan fingerprint density at radius 1 is 1.22 bits per heavy atom. The molecule has 1 aromatic heterocycles. The number of hydrogen-bond acceptors (Lipinski definition) is 5. The zero-order valence-corrected chi connectivity index (χ0v) is 10.5. The molecule has 0 fully saturated rings. The Hall–Kier alpha value is -2.15. The number of aromatic nitrogens is 2. The second-order valence-electron chi connectivity index (χ2n) is 3.65. The monoisotopic (exact) mass is 264 g/mol. The fourth-order valence-corrected chi connectivity index (χ4v) is 2.28. The van der Waals surface area contributed by atoms with Crippen molar-refractivity contribution in [2.45, 2.75) is 11.8 Å². The van der Waals surface area contributed by atoms with Gasteiger partial charge in [0, 0.05) is 0 Å². The molecule has 7 heteroatoms. The smallest absolute Gasteiger partial charge is 0.264 e. The molecule has 94 valence electrons. The highest BCUT2D eigenvalue weighted by atomic mass is 32.2. The van der Waals surface area contributed by atoms with Gasteiger partial charge in [-0.3, -0.25) is 0 Å². The summed E-state index contributed by atoms with van der Waals surface area (Å²) >= 11 is 0. The average Bonchev–Trinajstić information content (AvgIpc) is 2.35. The molecule has 0 aliphatic heterocycles. The summed E-state index contributed by atoms with van der Waals surface area (Å²) in [5, 5.41) is 0. The molecule has 0 saturated carbocycles. The van der Waals surface area contributed by atoms with Crippen LogP contribution < -0.4 is 10.5 Å². The highest BCUT2D eigenvalue weighted by molar-refractivity contribution is 7.92. The van der Waals surface area contributed by atoms with Gasteiger partial charge in [0.2, 0.25) is 5.95 Å². The van der Waals surface area contributed by atoms with Crippen LogP contribution in [0.25, 0.3) is 0 Å². The zero-order chi connectivity index (χ0) is 13.2. The van der Waals surface area contributed by atoms with Crippen molar-refractivity contribution in [3.63, 3.8) is 0 Å². The van der Waals surface area contributed by atoms with Gasteiger partial charge >= 0.3 is 0 Å². The lowest BCUT2D eigenvalue weighted by Crippen LogP contribution is -2.15. The molecule has 0 aliphatic rings. The molecule has 1 aromatic carbocycles. The molecule has 2 rings (SSSR count). The van der Waals surface area contributed by atoms with Crippen molar-refractivity contribution in [1.29, 1.82) is 0 Å². The van der Waals surface area contributed by atoms with Crippen LogP contribution in [-0.2, 0) is 10.0 Å². The van der Waals surface area contributed by atoms with Crippen LogP contribution in [0.1, 0.15) is 5.69 Å². The number of nitrogens with one attached hydrogen (secondary N) is 1. The van der Waals surface area contributed by atoms with Crippen molar-refractivity contribution in [2.75, 3.05) is 10.5 Å². The fraction of sp³-hybridized carbons (Fsp3) is 0.0909. The van der Waals surface area contributed by atoms with Crippen molar-refractivity contribution in [1.82, 2.24) is 9.97 Å². The Kier molecular flexibility index (Phi) is 3.15. The minimum absolute atomic E-state index is 0.00514. The molecule has 0 radical (unpaired) electrons. The van der Waals surface area contributed by atoms with Crippen molar-refractivity contribution in [3.05, 3.63) is 42.2 Å². The van der Waals surface area contributed by atoms with E-state index in [0.29, 0.717) is 11.4 Å². The van der Waals surface area contributed by atoms with Crippen LogP contribution in [-0.4, -0.2) is 18.4 Å². The third-order valence-corrected chi connectivity index (χ3v) is 3.64. The second kappa shape index (κ2) is 4.61. The molecular formula is C11H12N4O2S. The molecule has 3 N–H and O–H groups in total. The molecule has 0 bridgehead atoms. The van der Waals surface area contributed by atoms with Crippen molar-refractivity contribution in [3.8, 4) is 0 Å². The first kappa shape index (κ1) is 12.3. The van der Waals surface area contributed by atoms with Gasteiger partial charge in [-0.1, -0.05) is 18.2 Å². The normalized spacial score (nSPS) is 11.2. The van der Waals surface area contributed by atoms with Crippen molar-refractivity contribution in [2.24, 2.45) is 0 Å². The quantitative estimate of drug-likeness (QED) is 0.867. The third-order valence-electron chi connectivity index (χ3n) is 2.30. The van der Waals surface area contributed by atoms with Gasteiger partial charge in [0.05, 0.1) is 22.5 Å². The highest BCUT2D eigenvalue weighted by Crippen LogP contribution is 2.14. The van der Waals surface area contributed by atoms with Gasteiger partial charge < -0.3 is 5.73 Å². The van der Waals surface area contributed by atoms with Crippen LogP contribution in [0.3, 0.4) is 0 Å². The van der Waals surface area contributed by atoms with Gasteiger partial charge in [0.15, 0.2) is 0 Å². The first-order valence-corrected chi connectivity index (χ1v) is 6.64. The molecule has 6 nitrogen and oxygen atoms in total. The minimum atomic E-state index is -3.66. The second-order valence-corrected chi connectivity index (χ2v) is 5.34. The highest BCUT2D eigenvalue weighted by Gasteiger charge is 2.15. The SMILES string of the molecule is Cc1nc(NS(=O)(=O)c2ccccc2)ncc1N. The lowest BCUT2D eigenvalue weighted by atomic mass is 10.4. The van der Waals surface area contributed by atoms with E-state index in [9.17, 15) is 8.42 Å². The van der Waals surface area contributed by atoms with E-state index in [-0.39, 0.29) is 10.8 Å². The van der Waals surface area contributed by atoms with Crippen LogP contribution >= 0.6 is 0 Å². The van der Waals surface area contributed by atoms with E-state index in [1.165, 1.54) is 18.3 Å². The van der Waals surface area contributed by atoms with E-state index in [4.69, 9.17) is 5.73 Å². The summed E-state index contributed by atoms with van der Waals surface area (Å²) in [7, 11) is -3.66. The standard InChI is InChI=1S/C11H12N4O2S/c1-8-10(12)7-13-11(14-8)15-18(16,17)9-5-3-2-4-6-9/h2-7H,12H2,1H3,(H,13,14,15). The summed E-state index contributed by atoms with van der Waals surface area (Å²) in [6.07, 6.45) is 1.37. The summed E-state index contributed by atoms with van der Waals surface area (Å²) in [4.78, 5) is 7.94. The maximum atomic E-state index is 12.0. The van der Waals surface area contributed by atoms with Gasteiger partial charge in [-0.15, -0.1) is 0 Å². The largest absolute Gasteiger partial charge is 0.396 e. The molecule has 0 atom stereocenters. The molecular weight excluding hydrogens is 252 g/mol. The van der Waals surface area contributed by atoms with E-state index >= 15 is 0 Å². The molecule has 0 saturated heterocycles. The topological polar surface area (TPSA) is 98.0 Å². The number of sulfonamides is 1. The molecule has 1 heterocycles. The molecule has 0 spiro atoms. The maximum Gasteiger partial charge on any atom is 0.264 e. The van der Waals surface area contributed by atoms with E-state index in [1.54, 1.807) is 25.1 Å². The van der Waals surface area contributed by atoms with Crippen LogP contribution in [0, 0.1) is 6.92 Å². The number of nitrogens with two attached hydrogens (primary N) is 1. The molecule has 0 aliphatic carbocycles. The van der Waals surface area contributed by atoms with Crippen molar-refractivity contribution < 1.29 is 8.42 Å². The molecule has 18 heavy (non-hydrogen) atoms. The van der Waals surface area contributed by atoms with E-state index in [0.717, 1.165) is 0 Å². The van der Waals surface area contributed by atoms with Gasteiger partial charge in [-0.05, 0) is 19.1 Å². The van der Waals surface area contributed by atoms with Gasteiger partial charge in [0.1, 0.15) is 0 Å². The Labute approximate surface area is 105 Å². The number of aryl methyl sites for hydroxylation is 1. The number of nitrogen functional groups attached to an aromatic ring is 1. The maximum absolute atomic E-state index is 12.0. The Morgan fingerprint density at radius 3 is 2.50 bits per heavy atom. The van der Waals surface area contributed by atoms with Gasteiger partial charge in [-0.25, -0.2) is 23.1 Å². The number of hydrogen-bond donors (Lipinski definition) is 2. The lowest BCUT2D eigenvalue weighted by Gasteiger charge is -2.07. The van der Waals surface area contributed by atoms with Crippen LogP contribution in [0.2, 0.25) is 0 Å². The van der Waals surface area contributed by atoms with E-state index in [2.05, 4.69) is 14.7 Å². The van der Waals surface area contributed by atoms with Crippen LogP contribution in [0.4, 0.5) is 11.6 Å². The fourth-order valence-electron chi connectivity index (χ4n) is 1.30. The first-order chi connectivity index (χ1) is 8.49. The Balaban J connectivity index is 2.31. The summed E-state index contributed by atoms with van der Waals surface area (Å²) in [5.74, 6) is 0.00514. The Bertz CT molecular complexity index is 656. The Morgan fingerprint density at radius 2 is 1.89 bits per heavy atom. The minimum Gasteiger partial charge on any atom is -0.396 e. The van der Waals surface area contributed by atoms with Crippen LogP contribution in [0.15, 0.2) is 41.4 Å². The third kappa shape index (κ3) is 2.57. The molecule has 2 aromatic rings. The summed E-state index contributed by atoms with van der Waals surface area (Å²) in [6.45, 7) is 1.68. The number of benzene rings is 1. The molecule has 0 amide bonds. The summed E-state index contributed by atoms with van der Waals surface area (Å²) < 4.78 is 26.2. The number of anilines is 2. The van der Waals surface area contributed by atoms with Gasteiger partial charge in [0.25, 0.3) is 10.0 Å². The van der Waals surface area contributed by atoms with E-state index in [1.807, 2.05) is 0 Å². The zero-order valence-electron chi connectivity index (χ0n) is 9.66. The molecule has 0 unspecified atom stereocenters. The van der Waals surface area contributed by atoms with E-state index < -0.39 is 10.0 Å². The first-order valence-electron chi connectivity index (χ1n) is 5.16. The number of nitrogens with zero attached hydrogens (tertiary/aromatic N) is 2. The van der Waals surface area contributed by atoms with Gasteiger partial charge in [-0.2, -0.15) is 0 Å². The predicted molar refractivity (Wildman–Crippen MR) is 68.4 cm³/mol.